The van der Waals surface area contributed by atoms with Crippen LogP contribution in [-0.4, -0.2) is 7.11 Å². The Morgan fingerprint density at radius 2 is 1.87 bits per heavy atom. The molecule has 0 fully saturated rings. The Morgan fingerprint density at radius 1 is 1.20 bits per heavy atom. The monoisotopic (exact) mass is 204 g/mol. The highest BCUT2D eigenvalue weighted by Crippen LogP contribution is 2.22. The van der Waals surface area contributed by atoms with Crippen LogP contribution < -0.4 is 0 Å². The highest BCUT2D eigenvalue weighted by molar-refractivity contribution is 5.65. The molecule has 0 saturated carbocycles. The summed E-state index contributed by atoms with van der Waals surface area (Å²) in [6, 6.07) is 8.65. The second-order valence-corrected chi connectivity index (χ2v) is 4.17. The van der Waals surface area contributed by atoms with Crippen LogP contribution in [0.2, 0.25) is 0 Å². The van der Waals surface area contributed by atoms with E-state index < -0.39 is 0 Å². The Hall–Kier alpha value is -1.24. The first kappa shape index (κ1) is 11.8. The molecule has 0 unspecified atom stereocenters. The number of rotatable bonds is 3. The summed E-state index contributed by atoms with van der Waals surface area (Å²) in [6.45, 7) is 8.51. The van der Waals surface area contributed by atoms with E-state index in [0.29, 0.717) is 5.92 Å². The molecule has 1 aromatic carbocycles. The van der Waals surface area contributed by atoms with Crippen molar-refractivity contribution in [1.29, 1.82) is 0 Å². The Morgan fingerprint density at radius 3 is 2.40 bits per heavy atom. The summed E-state index contributed by atoms with van der Waals surface area (Å²) in [5, 5.41) is 0. The molecule has 1 aromatic rings. The van der Waals surface area contributed by atoms with Gasteiger partial charge in [-0.2, -0.15) is 0 Å². The van der Waals surface area contributed by atoms with Gasteiger partial charge in [-0.25, -0.2) is 0 Å². The molecule has 0 aliphatic heterocycles. The third-order valence-corrected chi connectivity index (χ3v) is 2.82. The van der Waals surface area contributed by atoms with Gasteiger partial charge in [0.05, 0.1) is 12.9 Å². The van der Waals surface area contributed by atoms with Crippen LogP contribution >= 0.6 is 0 Å². The van der Waals surface area contributed by atoms with Gasteiger partial charge in [-0.3, -0.25) is 0 Å². The maximum Gasteiger partial charge on any atom is 0.0959 e. The maximum atomic E-state index is 5.25. The molecule has 0 radical (unpaired) electrons. The molecule has 0 atom stereocenters. The van der Waals surface area contributed by atoms with Crippen molar-refractivity contribution < 1.29 is 4.74 Å². The topological polar surface area (TPSA) is 9.23 Å². The van der Waals surface area contributed by atoms with Crippen LogP contribution in [0.4, 0.5) is 0 Å². The summed E-state index contributed by atoms with van der Waals surface area (Å²) in [7, 11) is 1.71. The summed E-state index contributed by atoms with van der Waals surface area (Å²) in [5.74, 6) is 1.55. The quantitative estimate of drug-likeness (QED) is 0.670. The highest BCUT2D eigenvalue weighted by atomic mass is 16.5. The Labute approximate surface area is 92.8 Å². The van der Waals surface area contributed by atoms with E-state index in [1.807, 2.05) is 6.92 Å². The van der Waals surface area contributed by atoms with Gasteiger partial charge in [-0.05, 0) is 36.5 Å². The zero-order chi connectivity index (χ0) is 11.4. The number of hydrogen-bond donors (Lipinski definition) is 0. The smallest absolute Gasteiger partial charge is 0.0959 e. The molecule has 1 nitrogen and oxygen atoms in total. The van der Waals surface area contributed by atoms with Crippen LogP contribution in [0.3, 0.4) is 0 Å². The van der Waals surface area contributed by atoms with Crippen molar-refractivity contribution >= 4 is 5.57 Å². The lowest BCUT2D eigenvalue weighted by atomic mass is 9.98. The Kier molecular flexibility index (Phi) is 3.96. The molecule has 0 aliphatic carbocycles. The minimum Gasteiger partial charge on any atom is -0.501 e. The molecule has 0 amide bonds. The molecule has 0 aliphatic rings. The Balaban J connectivity index is 3.11. The molecule has 0 spiro atoms. The highest BCUT2D eigenvalue weighted by Gasteiger charge is 2.04. The van der Waals surface area contributed by atoms with Gasteiger partial charge in [0.1, 0.15) is 0 Å². The standard InChI is InChI=1S/C14H20O/c1-10(2)13-7-6-8-14(9-13)11(3)12(4)15-5/h6-10H,1-5H3. The van der Waals surface area contributed by atoms with Gasteiger partial charge in [-0.1, -0.05) is 38.1 Å². The summed E-state index contributed by atoms with van der Waals surface area (Å²) >= 11 is 0. The van der Waals surface area contributed by atoms with Crippen molar-refractivity contribution in [2.75, 3.05) is 7.11 Å². The predicted molar refractivity (Wildman–Crippen MR) is 65.8 cm³/mol. The van der Waals surface area contributed by atoms with Gasteiger partial charge in [0.25, 0.3) is 0 Å². The normalized spacial score (nSPS) is 12.7. The number of methoxy groups -OCH3 is 1. The van der Waals surface area contributed by atoms with E-state index in [2.05, 4.69) is 45.0 Å². The van der Waals surface area contributed by atoms with E-state index in [-0.39, 0.29) is 0 Å². The minimum absolute atomic E-state index is 0.570. The summed E-state index contributed by atoms with van der Waals surface area (Å²) in [5.41, 5.74) is 3.83. The van der Waals surface area contributed by atoms with Crippen LogP contribution in [0.5, 0.6) is 0 Å². The lowest BCUT2D eigenvalue weighted by molar-refractivity contribution is 0.295. The molecule has 0 saturated heterocycles. The molecule has 82 valence electrons. The van der Waals surface area contributed by atoms with E-state index in [0.717, 1.165) is 5.76 Å². The van der Waals surface area contributed by atoms with Crippen molar-refractivity contribution in [2.45, 2.75) is 33.6 Å². The van der Waals surface area contributed by atoms with Gasteiger partial charge in [-0.15, -0.1) is 0 Å². The van der Waals surface area contributed by atoms with Gasteiger partial charge in [0.2, 0.25) is 0 Å². The summed E-state index contributed by atoms with van der Waals surface area (Å²) in [4.78, 5) is 0. The molecule has 0 N–H and O–H groups in total. The van der Waals surface area contributed by atoms with Crippen molar-refractivity contribution in [3.8, 4) is 0 Å². The molecular weight excluding hydrogens is 184 g/mol. The zero-order valence-corrected chi connectivity index (χ0v) is 10.3. The number of hydrogen-bond acceptors (Lipinski definition) is 1. The first-order chi connectivity index (χ1) is 7.06. The van der Waals surface area contributed by atoms with Crippen molar-refractivity contribution in [2.24, 2.45) is 0 Å². The van der Waals surface area contributed by atoms with E-state index in [1.165, 1.54) is 16.7 Å². The van der Waals surface area contributed by atoms with Crippen LogP contribution in [0, 0.1) is 0 Å². The maximum absolute atomic E-state index is 5.25. The second kappa shape index (κ2) is 5.01. The zero-order valence-electron chi connectivity index (χ0n) is 10.3. The fourth-order valence-electron chi connectivity index (χ4n) is 1.49. The van der Waals surface area contributed by atoms with Crippen LogP contribution in [0.1, 0.15) is 44.7 Å². The van der Waals surface area contributed by atoms with Crippen LogP contribution in [-0.2, 0) is 4.74 Å². The molecule has 15 heavy (non-hydrogen) atoms. The van der Waals surface area contributed by atoms with E-state index >= 15 is 0 Å². The van der Waals surface area contributed by atoms with E-state index in [1.54, 1.807) is 7.11 Å². The van der Waals surface area contributed by atoms with Crippen LogP contribution in [0.25, 0.3) is 5.57 Å². The largest absolute Gasteiger partial charge is 0.501 e. The lowest BCUT2D eigenvalue weighted by Crippen LogP contribution is -1.91. The molecular formula is C14H20O. The van der Waals surface area contributed by atoms with E-state index in [4.69, 9.17) is 4.74 Å². The first-order valence-electron chi connectivity index (χ1n) is 5.38. The van der Waals surface area contributed by atoms with Crippen molar-refractivity contribution in [1.82, 2.24) is 0 Å². The number of ether oxygens (including phenoxy) is 1. The van der Waals surface area contributed by atoms with Crippen molar-refractivity contribution in [3.05, 3.63) is 41.2 Å². The fourth-order valence-corrected chi connectivity index (χ4v) is 1.49. The average Bonchev–Trinajstić information content (AvgIpc) is 2.27. The van der Waals surface area contributed by atoms with Gasteiger partial charge >= 0.3 is 0 Å². The third kappa shape index (κ3) is 2.85. The molecule has 1 heteroatoms. The third-order valence-electron chi connectivity index (χ3n) is 2.82. The van der Waals surface area contributed by atoms with Gasteiger partial charge in [0, 0.05) is 0 Å². The van der Waals surface area contributed by atoms with Crippen LogP contribution in [0.15, 0.2) is 30.0 Å². The lowest BCUT2D eigenvalue weighted by Gasteiger charge is -2.10. The minimum atomic E-state index is 0.570. The molecule has 1 rings (SSSR count). The molecule has 0 heterocycles. The average molecular weight is 204 g/mol. The molecule has 0 aromatic heterocycles. The van der Waals surface area contributed by atoms with E-state index in [9.17, 15) is 0 Å². The van der Waals surface area contributed by atoms with Gasteiger partial charge < -0.3 is 4.74 Å². The summed E-state index contributed by atoms with van der Waals surface area (Å²) < 4.78 is 5.25. The molecule has 0 bridgehead atoms. The number of allylic oxidation sites excluding steroid dienone is 2. The SMILES string of the molecule is COC(C)=C(C)c1cccc(C(C)C)c1. The predicted octanol–water partition coefficient (Wildman–Crippen LogP) is 4.21. The van der Waals surface area contributed by atoms with Crippen molar-refractivity contribution in [3.63, 3.8) is 0 Å². The fraction of sp³-hybridized carbons (Fsp3) is 0.429. The first-order valence-corrected chi connectivity index (χ1v) is 5.38. The second-order valence-electron chi connectivity index (χ2n) is 4.17. The van der Waals surface area contributed by atoms with Gasteiger partial charge in [0.15, 0.2) is 0 Å². The Bertz CT molecular complexity index is 361. The summed E-state index contributed by atoms with van der Waals surface area (Å²) in [6.07, 6.45) is 0. The number of benzene rings is 1.